The lowest BCUT2D eigenvalue weighted by Crippen LogP contribution is -2.60. The minimum Gasteiger partial charge on any atom is -0.387 e. The van der Waals surface area contributed by atoms with Gasteiger partial charge in [0, 0.05) is 13.1 Å². The van der Waals surface area contributed by atoms with Crippen LogP contribution in [-0.4, -0.2) is 47.1 Å². The normalized spacial score (nSPS) is 25.0. The van der Waals surface area contributed by atoms with Gasteiger partial charge in [0.2, 0.25) is 12.3 Å². The summed E-state index contributed by atoms with van der Waals surface area (Å²) in [5.41, 5.74) is -1.17. The summed E-state index contributed by atoms with van der Waals surface area (Å²) in [7, 11) is 0. The summed E-state index contributed by atoms with van der Waals surface area (Å²) in [6, 6.07) is -0.818. The Bertz CT molecular complexity index is 345. The molecule has 1 aliphatic heterocycles. The molecule has 1 saturated carbocycles. The van der Waals surface area contributed by atoms with Gasteiger partial charge in [0.25, 0.3) is 0 Å². The highest BCUT2D eigenvalue weighted by atomic mass is 16.3. The van der Waals surface area contributed by atoms with Crippen LogP contribution in [0.15, 0.2) is 0 Å². The van der Waals surface area contributed by atoms with Crippen LogP contribution in [0.25, 0.3) is 0 Å². The Balaban J connectivity index is 2.12. The van der Waals surface area contributed by atoms with Crippen LogP contribution in [0.1, 0.15) is 51.9 Å². The second-order valence-corrected chi connectivity index (χ2v) is 6.31. The first-order chi connectivity index (χ1) is 9.57. The number of rotatable bonds is 5. The highest BCUT2D eigenvalue weighted by Gasteiger charge is 2.45. The van der Waals surface area contributed by atoms with E-state index in [9.17, 15) is 14.7 Å². The van der Waals surface area contributed by atoms with E-state index in [-0.39, 0.29) is 11.8 Å². The lowest BCUT2D eigenvalue weighted by Gasteiger charge is -2.41. The molecule has 20 heavy (non-hydrogen) atoms. The summed E-state index contributed by atoms with van der Waals surface area (Å²) in [5.74, 6) is -0.0505. The minimum atomic E-state index is -1.17. The van der Waals surface area contributed by atoms with Gasteiger partial charge in [0.15, 0.2) is 0 Å². The molecule has 0 spiro atoms. The first-order valence-corrected chi connectivity index (χ1v) is 7.78. The van der Waals surface area contributed by atoms with E-state index in [1.54, 1.807) is 11.8 Å². The Morgan fingerprint density at radius 3 is 2.40 bits per heavy atom. The Hall–Kier alpha value is -1.10. The predicted molar refractivity (Wildman–Crippen MR) is 76.0 cm³/mol. The number of carbonyl (C=O) groups excluding carboxylic acids is 2. The maximum Gasteiger partial charge on any atom is 0.248 e. The van der Waals surface area contributed by atoms with Gasteiger partial charge in [-0.2, -0.15) is 0 Å². The molecule has 0 bridgehead atoms. The Morgan fingerprint density at radius 1 is 1.25 bits per heavy atom. The standard InChI is InChI=1S/C15H26N2O3/c1-15(20,12-7-3-2-4-8-12)13(16-11-18)14(19)17-9-5-6-10-17/h11-13,20H,2-10H2,1H3,(H,16,18)/t13-,15-/m1/s1. The Kier molecular flexibility index (Phi) is 5.02. The molecule has 2 rings (SSSR count). The highest BCUT2D eigenvalue weighted by molar-refractivity contribution is 5.85. The third kappa shape index (κ3) is 3.14. The van der Waals surface area contributed by atoms with Gasteiger partial charge in [-0.25, -0.2) is 0 Å². The van der Waals surface area contributed by atoms with Crippen LogP contribution in [-0.2, 0) is 9.59 Å². The third-order valence-electron chi connectivity index (χ3n) is 4.92. The lowest BCUT2D eigenvalue weighted by atomic mass is 9.74. The number of hydrogen-bond donors (Lipinski definition) is 2. The largest absolute Gasteiger partial charge is 0.387 e. The van der Waals surface area contributed by atoms with Crippen molar-refractivity contribution in [3.05, 3.63) is 0 Å². The average Bonchev–Trinajstić information content (AvgIpc) is 2.99. The molecule has 114 valence electrons. The van der Waals surface area contributed by atoms with Crippen LogP contribution in [0.4, 0.5) is 0 Å². The zero-order valence-electron chi connectivity index (χ0n) is 12.3. The molecule has 2 amide bonds. The van der Waals surface area contributed by atoms with Crippen LogP contribution in [0.5, 0.6) is 0 Å². The van der Waals surface area contributed by atoms with Crippen LogP contribution < -0.4 is 5.32 Å². The molecule has 0 unspecified atom stereocenters. The summed E-state index contributed by atoms with van der Waals surface area (Å²) in [5, 5.41) is 13.5. The number of likely N-dealkylation sites (tertiary alicyclic amines) is 1. The van der Waals surface area contributed by atoms with Gasteiger partial charge in [0.1, 0.15) is 6.04 Å². The fourth-order valence-corrected chi connectivity index (χ4v) is 3.60. The van der Waals surface area contributed by atoms with Gasteiger partial charge >= 0.3 is 0 Å². The van der Waals surface area contributed by atoms with Crippen LogP contribution in [0.3, 0.4) is 0 Å². The molecule has 0 aromatic carbocycles. The number of amides is 2. The maximum absolute atomic E-state index is 12.6. The zero-order chi connectivity index (χ0) is 14.6. The van der Waals surface area contributed by atoms with Gasteiger partial charge in [-0.1, -0.05) is 19.3 Å². The average molecular weight is 282 g/mol. The van der Waals surface area contributed by atoms with Crippen LogP contribution in [0, 0.1) is 5.92 Å². The van der Waals surface area contributed by atoms with E-state index in [2.05, 4.69) is 5.32 Å². The molecular weight excluding hydrogens is 256 g/mol. The molecule has 0 radical (unpaired) electrons. The zero-order valence-corrected chi connectivity index (χ0v) is 12.3. The summed E-state index contributed by atoms with van der Waals surface area (Å²) < 4.78 is 0. The quantitative estimate of drug-likeness (QED) is 0.741. The van der Waals surface area contributed by atoms with Gasteiger partial charge in [0.05, 0.1) is 5.60 Å². The van der Waals surface area contributed by atoms with Crippen molar-refractivity contribution >= 4 is 12.3 Å². The molecule has 0 aromatic rings. The number of carbonyl (C=O) groups is 2. The van der Waals surface area contributed by atoms with E-state index in [1.807, 2.05) is 0 Å². The number of nitrogens with zero attached hydrogens (tertiary/aromatic N) is 1. The maximum atomic E-state index is 12.6. The topological polar surface area (TPSA) is 69.6 Å². The van der Waals surface area contributed by atoms with Crippen molar-refractivity contribution in [3.63, 3.8) is 0 Å². The predicted octanol–water partition coefficient (Wildman–Crippen LogP) is 1.05. The van der Waals surface area contributed by atoms with Crippen molar-refractivity contribution in [2.45, 2.75) is 63.5 Å². The molecule has 2 aliphatic rings. The molecule has 5 heteroatoms. The van der Waals surface area contributed by atoms with Crippen molar-refractivity contribution in [3.8, 4) is 0 Å². The first kappa shape index (κ1) is 15.3. The van der Waals surface area contributed by atoms with Crippen molar-refractivity contribution in [2.24, 2.45) is 5.92 Å². The van der Waals surface area contributed by atoms with Crippen molar-refractivity contribution < 1.29 is 14.7 Å². The second-order valence-electron chi connectivity index (χ2n) is 6.31. The molecule has 5 nitrogen and oxygen atoms in total. The van der Waals surface area contributed by atoms with E-state index < -0.39 is 11.6 Å². The fourth-order valence-electron chi connectivity index (χ4n) is 3.60. The molecule has 2 fully saturated rings. The summed E-state index contributed by atoms with van der Waals surface area (Å²) >= 11 is 0. The molecular formula is C15H26N2O3. The summed E-state index contributed by atoms with van der Waals surface area (Å²) in [6.45, 7) is 3.17. The fraction of sp³-hybridized carbons (Fsp3) is 0.867. The Morgan fingerprint density at radius 2 is 1.85 bits per heavy atom. The van der Waals surface area contributed by atoms with Crippen molar-refractivity contribution in [2.75, 3.05) is 13.1 Å². The number of hydrogen-bond acceptors (Lipinski definition) is 3. The van der Waals surface area contributed by atoms with Gasteiger partial charge in [-0.3, -0.25) is 9.59 Å². The van der Waals surface area contributed by atoms with E-state index in [4.69, 9.17) is 0 Å². The van der Waals surface area contributed by atoms with Gasteiger partial charge in [-0.15, -0.1) is 0 Å². The molecule has 0 aromatic heterocycles. The van der Waals surface area contributed by atoms with E-state index in [0.717, 1.165) is 51.6 Å². The number of nitrogens with one attached hydrogen (secondary N) is 1. The highest BCUT2D eigenvalue weighted by Crippen LogP contribution is 2.35. The first-order valence-electron chi connectivity index (χ1n) is 7.78. The van der Waals surface area contributed by atoms with Gasteiger partial charge in [-0.05, 0) is 38.5 Å². The second kappa shape index (κ2) is 6.57. The SMILES string of the molecule is C[C@@](O)(C1CCCCC1)[C@H](NC=O)C(=O)N1CCCC1. The number of aliphatic hydroxyl groups is 1. The molecule has 2 atom stereocenters. The summed E-state index contributed by atoms with van der Waals surface area (Å²) in [4.78, 5) is 25.2. The minimum absolute atomic E-state index is 0.0836. The molecule has 1 aliphatic carbocycles. The van der Waals surface area contributed by atoms with E-state index in [0.29, 0.717) is 6.41 Å². The van der Waals surface area contributed by atoms with E-state index in [1.165, 1.54) is 6.42 Å². The summed E-state index contributed by atoms with van der Waals surface area (Å²) in [6.07, 6.45) is 7.78. The monoisotopic (exact) mass is 282 g/mol. The Labute approximate surface area is 120 Å². The lowest BCUT2D eigenvalue weighted by molar-refractivity contribution is -0.145. The van der Waals surface area contributed by atoms with Gasteiger partial charge < -0.3 is 15.3 Å². The third-order valence-corrected chi connectivity index (χ3v) is 4.92. The van der Waals surface area contributed by atoms with Crippen molar-refractivity contribution in [1.82, 2.24) is 10.2 Å². The molecule has 1 heterocycles. The van der Waals surface area contributed by atoms with Crippen molar-refractivity contribution in [1.29, 1.82) is 0 Å². The molecule has 2 N–H and O–H groups in total. The van der Waals surface area contributed by atoms with E-state index >= 15 is 0 Å². The van der Waals surface area contributed by atoms with Crippen LogP contribution >= 0.6 is 0 Å². The smallest absolute Gasteiger partial charge is 0.248 e. The van der Waals surface area contributed by atoms with Crippen LogP contribution in [0.2, 0.25) is 0 Å². The molecule has 1 saturated heterocycles.